The number of amides is 2. The second kappa shape index (κ2) is 6.72. The molecule has 5 nitrogen and oxygen atoms in total. The third kappa shape index (κ3) is 4.56. The van der Waals surface area contributed by atoms with Gasteiger partial charge in [-0.1, -0.05) is 32.9 Å². The summed E-state index contributed by atoms with van der Waals surface area (Å²) in [6, 6.07) is 6.17. The Labute approximate surface area is 126 Å². The van der Waals surface area contributed by atoms with Crippen LogP contribution in [0, 0.1) is 5.41 Å². The van der Waals surface area contributed by atoms with Crippen molar-refractivity contribution in [2.75, 3.05) is 19.0 Å². The molecule has 0 unspecified atom stereocenters. The molecule has 0 fully saturated rings. The highest BCUT2D eigenvalue weighted by Gasteiger charge is 2.30. The number of rotatable bonds is 4. The first-order chi connectivity index (χ1) is 9.66. The summed E-state index contributed by atoms with van der Waals surface area (Å²) in [7, 11) is 1.65. The molecule has 0 radical (unpaired) electrons. The molecule has 1 aromatic rings. The Hall–Kier alpha value is -1.88. The molecule has 1 rings (SSSR count). The Morgan fingerprint density at radius 1 is 1.33 bits per heavy atom. The van der Waals surface area contributed by atoms with Crippen LogP contribution in [0.25, 0.3) is 0 Å². The third-order valence-corrected chi connectivity index (χ3v) is 3.48. The maximum Gasteiger partial charge on any atom is 0.321 e. The number of aliphatic hydroxyl groups is 1. The first kappa shape index (κ1) is 17.2. The fraction of sp³-hybridized carbons (Fsp3) is 0.500. The Kier molecular flexibility index (Phi) is 5.49. The number of urea groups is 1. The molecule has 0 bridgehead atoms. The van der Waals surface area contributed by atoms with Crippen molar-refractivity contribution in [3.8, 4) is 0 Å². The van der Waals surface area contributed by atoms with E-state index in [0.29, 0.717) is 11.3 Å². The maximum absolute atomic E-state index is 12.3. The van der Waals surface area contributed by atoms with Crippen LogP contribution in [0.4, 0.5) is 10.5 Å². The number of likely N-dealkylation sites (N-methyl/N-ethyl adjacent to an activating group) is 1. The second-order valence-corrected chi connectivity index (χ2v) is 6.24. The molecule has 0 aliphatic carbocycles. The largest absolute Gasteiger partial charge is 0.394 e. The van der Waals surface area contributed by atoms with E-state index in [-0.39, 0.29) is 29.9 Å². The summed E-state index contributed by atoms with van der Waals surface area (Å²) in [5.41, 5.74) is 0.873. The smallest absolute Gasteiger partial charge is 0.321 e. The fourth-order valence-corrected chi connectivity index (χ4v) is 2.15. The van der Waals surface area contributed by atoms with Crippen LogP contribution in [-0.4, -0.2) is 41.5 Å². The SMILES string of the molecule is CC(=O)c1cccc(NC(=O)N(C)[C@@H](CO)C(C)(C)C)c1. The molecule has 2 N–H and O–H groups in total. The van der Waals surface area contributed by atoms with Gasteiger partial charge in [-0.25, -0.2) is 4.79 Å². The van der Waals surface area contributed by atoms with Gasteiger partial charge in [0.25, 0.3) is 0 Å². The van der Waals surface area contributed by atoms with Crippen LogP contribution in [0.15, 0.2) is 24.3 Å². The number of carbonyl (C=O) groups excluding carboxylic acids is 2. The molecule has 21 heavy (non-hydrogen) atoms. The van der Waals surface area contributed by atoms with Crippen molar-refractivity contribution in [2.24, 2.45) is 5.41 Å². The van der Waals surface area contributed by atoms with Gasteiger partial charge in [0, 0.05) is 18.3 Å². The molecule has 1 aromatic carbocycles. The van der Waals surface area contributed by atoms with Crippen molar-refractivity contribution in [1.29, 1.82) is 0 Å². The lowest BCUT2D eigenvalue weighted by Crippen LogP contribution is -2.48. The van der Waals surface area contributed by atoms with Crippen LogP contribution in [0.1, 0.15) is 38.1 Å². The van der Waals surface area contributed by atoms with Crippen LogP contribution < -0.4 is 5.32 Å². The monoisotopic (exact) mass is 292 g/mol. The van der Waals surface area contributed by atoms with Crippen LogP contribution in [0.2, 0.25) is 0 Å². The lowest BCUT2D eigenvalue weighted by atomic mass is 9.86. The Balaban J connectivity index is 2.85. The summed E-state index contributed by atoms with van der Waals surface area (Å²) in [4.78, 5) is 25.1. The first-order valence-electron chi connectivity index (χ1n) is 6.92. The predicted octanol–water partition coefficient (Wildman–Crippen LogP) is 2.76. The number of benzene rings is 1. The van der Waals surface area contributed by atoms with Crippen LogP contribution in [0.5, 0.6) is 0 Å². The number of nitrogens with zero attached hydrogens (tertiary/aromatic N) is 1. The predicted molar refractivity (Wildman–Crippen MR) is 83.6 cm³/mol. The lowest BCUT2D eigenvalue weighted by molar-refractivity contribution is 0.0886. The van der Waals surface area contributed by atoms with Gasteiger partial charge in [0.2, 0.25) is 0 Å². The van der Waals surface area contributed by atoms with E-state index in [4.69, 9.17) is 0 Å². The van der Waals surface area contributed by atoms with E-state index >= 15 is 0 Å². The van der Waals surface area contributed by atoms with E-state index < -0.39 is 0 Å². The van der Waals surface area contributed by atoms with Gasteiger partial charge in [-0.05, 0) is 24.5 Å². The van der Waals surface area contributed by atoms with Gasteiger partial charge in [-0.2, -0.15) is 0 Å². The number of Topliss-reactive ketones (excluding diaryl/α,β-unsaturated/α-hetero) is 1. The summed E-state index contributed by atoms with van der Waals surface area (Å²) in [6.45, 7) is 7.27. The molecule has 5 heteroatoms. The highest BCUT2D eigenvalue weighted by atomic mass is 16.3. The van der Waals surface area contributed by atoms with Crippen molar-refractivity contribution in [1.82, 2.24) is 4.90 Å². The molecular weight excluding hydrogens is 268 g/mol. The van der Waals surface area contributed by atoms with E-state index in [1.807, 2.05) is 20.8 Å². The quantitative estimate of drug-likeness (QED) is 0.838. The molecule has 1 atom stereocenters. The number of hydrogen-bond acceptors (Lipinski definition) is 3. The third-order valence-electron chi connectivity index (χ3n) is 3.48. The van der Waals surface area contributed by atoms with Crippen LogP contribution in [0.3, 0.4) is 0 Å². The van der Waals surface area contributed by atoms with Gasteiger partial charge in [-0.3, -0.25) is 4.79 Å². The summed E-state index contributed by atoms with van der Waals surface area (Å²) in [6.07, 6.45) is 0. The number of anilines is 1. The fourth-order valence-electron chi connectivity index (χ4n) is 2.15. The molecule has 2 amide bonds. The summed E-state index contributed by atoms with van der Waals surface area (Å²) < 4.78 is 0. The molecule has 0 saturated carbocycles. The zero-order valence-corrected chi connectivity index (χ0v) is 13.3. The Morgan fingerprint density at radius 3 is 2.43 bits per heavy atom. The van der Waals surface area contributed by atoms with Crippen LogP contribution >= 0.6 is 0 Å². The molecule has 116 valence electrons. The van der Waals surface area contributed by atoms with E-state index in [0.717, 1.165) is 0 Å². The van der Waals surface area contributed by atoms with Gasteiger partial charge in [0.15, 0.2) is 5.78 Å². The highest BCUT2D eigenvalue weighted by Crippen LogP contribution is 2.24. The van der Waals surface area contributed by atoms with E-state index in [1.165, 1.54) is 11.8 Å². The maximum atomic E-state index is 12.3. The second-order valence-electron chi connectivity index (χ2n) is 6.24. The number of nitrogens with one attached hydrogen (secondary N) is 1. The topological polar surface area (TPSA) is 69.6 Å². The van der Waals surface area contributed by atoms with Crippen molar-refractivity contribution >= 4 is 17.5 Å². The van der Waals surface area contributed by atoms with Crippen molar-refractivity contribution in [3.63, 3.8) is 0 Å². The van der Waals surface area contributed by atoms with Crippen molar-refractivity contribution in [2.45, 2.75) is 33.7 Å². The van der Waals surface area contributed by atoms with Gasteiger partial charge < -0.3 is 15.3 Å². The van der Waals surface area contributed by atoms with Gasteiger partial charge in [0.1, 0.15) is 0 Å². The minimum absolute atomic E-state index is 0.0534. The number of ketones is 1. The van der Waals surface area contributed by atoms with Crippen molar-refractivity contribution in [3.05, 3.63) is 29.8 Å². The average Bonchev–Trinajstić information content (AvgIpc) is 2.37. The summed E-state index contributed by atoms with van der Waals surface area (Å²) in [5.74, 6) is -0.0534. The normalized spacial score (nSPS) is 12.7. The van der Waals surface area contributed by atoms with E-state index in [2.05, 4.69) is 5.32 Å². The first-order valence-corrected chi connectivity index (χ1v) is 6.92. The standard InChI is InChI=1S/C16H24N2O3/c1-11(20)12-7-6-8-13(9-12)17-15(21)18(5)14(10-19)16(2,3)4/h6-9,14,19H,10H2,1-5H3,(H,17,21)/t14-/m0/s1. The highest BCUT2D eigenvalue weighted by molar-refractivity contribution is 5.96. The summed E-state index contributed by atoms with van der Waals surface area (Å²) in [5, 5.41) is 12.2. The minimum atomic E-state index is -0.315. The molecule has 0 heterocycles. The molecule has 0 saturated heterocycles. The molecular formula is C16H24N2O3. The Bertz CT molecular complexity index is 520. The zero-order valence-electron chi connectivity index (χ0n) is 13.3. The lowest BCUT2D eigenvalue weighted by Gasteiger charge is -2.36. The molecule has 0 spiro atoms. The molecule has 0 aromatic heterocycles. The minimum Gasteiger partial charge on any atom is -0.394 e. The number of hydrogen-bond donors (Lipinski definition) is 2. The van der Waals surface area contributed by atoms with E-state index in [1.54, 1.807) is 31.3 Å². The van der Waals surface area contributed by atoms with Crippen molar-refractivity contribution < 1.29 is 14.7 Å². The van der Waals surface area contributed by atoms with Gasteiger partial charge in [0.05, 0.1) is 12.6 Å². The molecule has 0 aliphatic rings. The van der Waals surface area contributed by atoms with Gasteiger partial charge in [-0.15, -0.1) is 0 Å². The molecule has 0 aliphatic heterocycles. The number of aliphatic hydroxyl groups excluding tert-OH is 1. The average molecular weight is 292 g/mol. The number of carbonyl (C=O) groups is 2. The summed E-state index contributed by atoms with van der Waals surface area (Å²) >= 11 is 0. The van der Waals surface area contributed by atoms with Crippen LogP contribution in [-0.2, 0) is 0 Å². The zero-order chi connectivity index (χ0) is 16.2. The Morgan fingerprint density at radius 2 is 1.95 bits per heavy atom. The van der Waals surface area contributed by atoms with E-state index in [9.17, 15) is 14.7 Å². The van der Waals surface area contributed by atoms with Gasteiger partial charge >= 0.3 is 6.03 Å².